The van der Waals surface area contributed by atoms with Gasteiger partial charge < -0.3 is 20.5 Å². The van der Waals surface area contributed by atoms with Gasteiger partial charge in [0.15, 0.2) is 18.1 Å². The maximum Gasteiger partial charge on any atom is 0.262 e. The highest BCUT2D eigenvalue weighted by molar-refractivity contribution is 9.10. The molecule has 0 spiro atoms. The maximum atomic E-state index is 11.8. The molecule has 110 valence electrons. The molecule has 0 aliphatic heterocycles. The molecule has 3 N–H and O–H groups in total. The van der Waals surface area contributed by atoms with Crippen LogP contribution in [0.3, 0.4) is 0 Å². The number of halogens is 1. The summed E-state index contributed by atoms with van der Waals surface area (Å²) < 4.78 is 11.5. The average Bonchev–Trinajstić information content (AvgIpc) is 2.48. The topological polar surface area (TPSA) is 73.6 Å². The molecule has 0 fully saturated rings. The van der Waals surface area contributed by atoms with Gasteiger partial charge in [-0.1, -0.05) is 15.9 Å². The van der Waals surface area contributed by atoms with Gasteiger partial charge in [-0.15, -0.1) is 0 Å². The summed E-state index contributed by atoms with van der Waals surface area (Å²) in [6.07, 6.45) is 0. The number of ether oxygens (including phenoxy) is 2. The normalized spacial score (nSPS) is 10.0. The third-order valence-corrected chi connectivity index (χ3v) is 3.20. The summed E-state index contributed by atoms with van der Waals surface area (Å²) >= 11 is 3.33. The zero-order valence-corrected chi connectivity index (χ0v) is 13.0. The van der Waals surface area contributed by atoms with Crippen molar-refractivity contribution >= 4 is 33.2 Å². The third-order valence-electron chi connectivity index (χ3n) is 2.67. The molecule has 0 aliphatic rings. The standard InChI is InChI=1S/C15H15BrN2O3/c1-20-14-8-11(17)4-7-13(14)21-9-15(19)18-12-5-2-10(16)3-6-12/h2-8H,9,17H2,1H3,(H,18,19). The van der Waals surface area contributed by atoms with Gasteiger partial charge >= 0.3 is 0 Å². The van der Waals surface area contributed by atoms with Crippen molar-refractivity contribution in [2.45, 2.75) is 0 Å². The SMILES string of the molecule is COc1cc(N)ccc1OCC(=O)Nc1ccc(Br)cc1. The zero-order chi connectivity index (χ0) is 15.2. The number of amides is 1. The Morgan fingerprint density at radius 3 is 2.57 bits per heavy atom. The fourth-order valence-electron chi connectivity index (χ4n) is 1.68. The van der Waals surface area contributed by atoms with Crippen LogP contribution in [0, 0.1) is 0 Å². The van der Waals surface area contributed by atoms with Crippen LogP contribution in [-0.4, -0.2) is 19.6 Å². The molecule has 0 unspecified atom stereocenters. The van der Waals surface area contributed by atoms with Crippen LogP contribution in [-0.2, 0) is 4.79 Å². The highest BCUT2D eigenvalue weighted by Crippen LogP contribution is 2.28. The number of rotatable bonds is 5. The predicted octanol–water partition coefficient (Wildman–Crippen LogP) is 3.06. The molecular weight excluding hydrogens is 336 g/mol. The molecule has 0 aromatic heterocycles. The number of nitrogens with one attached hydrogen (secondary N) is 1. The minimum atomic E-state index is -0.254. The van der Waals surface area contributed by atoms with E-state index in [1.165, 1.54) is 7.11 Å². The summed E-state index contributed by atoms with van der Waals surface area (Å²) in [5.74, 6) is 0.709. The van der Waals surface area contributed by atoms with Crippen LogP contribution in [0.1, 0.15) is 0 Å². The Hall–Kier alpha value is -2.21. The van der Waals surface area contributed by atoms with Crippen LogP contribution in [0.5, 0.6) is 11.5 Å². The van der Waals surface area contributed by atoms with Gasteiger partial charge in [0.05, 0.1) is 7.11 Å². The highest BCUT2D eigenvalue weighted by Gasteiger charge is 2.08. The molecule has 0 heterocycles. The van der Waals surface area contributed by atoms with E-state index in [-0.39, 0.29) is 12.5 Å². The summed E-state index contributed by atoms with van der Waals surface area (Å²) in [6.45, 7) is -0.115. The molecule has 6 heteroatoms. The average molecular weight is 351 g/mol. The van der Waals surface area contributed by atoms with Gasteiger partial charge in [0.1, 0.15) is 0 Å². The zero-order valence-electron chi connectivity index (χ0n) is 11.4. The monoisotopic (exact) mass is 350 g/mol. The lowest BCUT2D eigenvalue weighted by Gasteiger charge is -2.11. The van der Waals surface area contributed by atoms with Crippen LogP contribution in [0.25, 0.3) is 0 Å². The Bertz CT molecular complexity index is 629. The van der Waals surface area contributed by atoms with Gasteiger partial charge in [-0.3, -0.25) is 4.79 Å². The lowest BCUT2D eigenvalue weighted by Crippen LogP contribution is -2.20. The first-order chi connectivity index (χ1) is 10.1. The van der Waals surface area contributed by atoms with E-state index in [1.54, 1.807) is 30.3 Å². The molecule has 5 nitrogen and oxygen atoms in total. The number of methoxy groups -OCH3 is 1. The number of anilines is 2. The fourth-order valence-corrected chi connectivity index (χ4v) is 1.94. The molecule has 2 aromatic rings. The molecule has 0 bridgehead atoms. The second-order valence-electron chi connectivity index (χ2n) is 4.25. The van der Waals surface area contributed by atoms with E-state index in [4.69, 9.17) is 15.2 Å². The second-order valence-corrected chi connectivity index (χ2v) is 5.17. The molecule has 0 saturated carbocycles. The van der Waals surface area contributed by atoms with Gasteiger partial charge in [0.25, 0.3) is 5.91 Å². The molecular formula is C15H15BrN2O3. The predicted molar refractivity (Wildman–Crippen MR) is 85.7 cm³/mol. The molecule has 0 saturated heterocycles. The smallest absolute Gasteiger partial charge is 0.262 e. The van der Waals surface area contributed by atoms with E-state index in [1.807, 2.05) is 12.1 Å². The largest absolute Gasteiger partial charge is 0.493 e. The van der Waals surface area contributed by atoms with Crippen molar-refractivity contribution in [3.8, 4) is 11.5 Å². The van der Waals surface area contributed by atoms with E-state index in [0.717, 1.165) is 4.47 Å². The maximum absolute atomic E-state index is 11.8. The van der Waals surface area contributed by atoms with Gasteiger partial charge in [0.2, 0.25) is 0 Å². The number of nitrogen functional groups attached to an aromatic ring is 1. The molecule has 0 atom stereocenters. The molecule has 2 rings (SSSR count). The number of carbonyl (C=O) groups is 1. The summed E-state index contributed by atoms with van der Waals surface area (Å²) in [7, 11) is 1.52. The van der Waals surface area contributed by atoms with Crippen LogP contribution in [0.15, 0.2) is 46.9 Å². The fraction of sp³-hybridized carbons (Fsp3) is 0.133. The second kappa shape index (κ2) is 6.99. The Morgan fingerprint density at radius 1 is 1.19 bits per heavy atom. The van der Waals surface area contributed by atoms with E-state index >= 15 is 0 Å². The van der Waals surface area contributed by atoms with Crippen molar-refractivity contribution in [1.82, 2.24) is 0 Å². The van der Waals surface area contributed by atoms with Crippen molar-refractivity contribution in [2.24, 2.45) is 0 Å². The summed E-state index contributed by atoms with van der Waals surface area (Å²) in [4.78, 5) is 11.8. The van der Waals surface area contributed by atoms with Crippen molar-refractivity contribution < 1.29 is 14.3 Å². The first-order valence-electron chi connectivity index (χ1n) is 6.20. The minimum Gasteiger partial charge on any atom is -0.493 e. The first-order valence-corrected chi connectivity index (χ1v) is 6.99. The quantitative estimate of drug-likeness (QED) is 0.812. The molecule has 1 amide bonds. The first kappa shape index (κ1) is 15.2. The van der Waals surface area contributed by atoms with Crippen LogP contribution in [0.2, 0.25) is 0 Å². The van der Waals surface area contributed by atoms with Gasteiger partial charge in [-0.05, 0) is 36.4 Å². The number of hydrogen-bond donors (Lipinski definition) is 2. The van der Waals surface area contributed by atoms with Crippen molar-refractivity contribution in [3.63, 3.8) is 0 Å². The minimum absolute atomic E-state index is 0.115. The molecule has 2 aromatic carbocycles. The van der Waals surface area contributed by atoms with Gasteiger partial charge in [-0.25, -0.2) is 0 Å². The summed E-state index contributed by atoms with van der Waals surface area (Å²) in [5, 5.41) is 2.74. The highest BCUT2D eigenvalue weighted by atomic mass is 79.9. The molecule has 0 aliphatic carbocycles. The van der Waals surface area contributed by atoms with E-state index in [9.17, 15) is 4.79 Å². The number of hydrogen-bond acceptors (Lipinski definition) is 4. The lowest BCUT2D eigenvalue weighted by atomic mass is 10.3. The van der Waals surface area contributed by atoms with Crippen LogP contribution in [0.4, 0.5) is 11.4 Å². The van der Waals surface area contributed by atoms with Crippen molar-refractivity contribution in [2.75, 3.05) is 24.8 Å². The number of nitrogens with two attached hydrogens (primary N) is 1. The molecule has 0 radical (unpaired) electrons. The third kappa shape index (κ3) is 4.39. The van der Waals surface area contributed by atoms with E-state index in [2.05, 4.69) is 21.2 Å². The van der Waals surface area contributed by atoms with Crippen LogP contribution >= 0.6 is 15.9 Å². The number of carbonyl (C=O) groups excluding carboxylic acids is 1. The Morgan fingerprint density at radius 2 is 1.90 bits per heavy atom. The summed E-state index contributed by atoms with van der Waals surface area (Å²) in [5.41, 5.74) is 6.93. The van der Waals surface area contributed by atoms with E-state index < -0.39 is 0 Å². The van der Waals surface area contributed by atoms with E-state index in [0.29, 0.717) is 22.9 Å². The molecule has 21 heavy (non-hydrogen) atoms. The number of benzene rings is 2. The van der Waals surface area contributed by atoms with Gasteiger partial charge in [0, 0.05) is 21.9 Å². The van der Waals surface area contributed by atoms with Crippen molar-refractivity contribution in [1.29, 1.82) is 0 Å². The Labute approximate surface area is 131 Å². The van der Waals surface area contributed by atoms with Crippen molar-refractivity contribution in [3.05, 3.63) is 46.9 Å². The Kier molecular flexibility index (Phi) is 5.05. The van der Waals surface area contributed by atoms with Crippen LogP contribution < -0.4 is 20.5 Å². The van der Waals surface area contributed by atoms with Gasteiger partial charge in [-0.2, -0.15) is 0 Å². The summed E-state index contributed by atoms with van der Waals surface area (Å²) in [6, 6.07) is 12.3. The lowest BCUT2D eigenvalue weighted by molar-refractivity contribution is -0.118. The Balaban J connectivity index is 1.93.